The summed E-state index contributed by atoms with van der Waals surface area (Å²) in [5.41, 5.74) is -2.76. The molecule has 1 aliphatic rings. The average molecular weight is 309 g/mol. The van der Waals surface area contributed by atoms with Gasteiger partial charge in [0.2, 0.25) is 0 Å². The summed E-state index contributed by atoms with van der Waals surface area (Å²) >= 11 is 0. The van der Waals surface area contributed by atoms with E-state index in [9.17, 15) is 13.2 Å². The van der Waals surface area contributed by atoms with Crippen LogP contribution in [0.5, 0.6) is 0 Å². The third-order valence-corrected chi connectivity index (χ3v) is 5.72. The highest BCUT2D eigenvalue weighted by Crippen LogP contribution is 2.54. The number of fused-ring (bicyclic) bond motifs is 1. The first-order valence-electron chi connectivity index (χ1n) is 6.74. The minimum Gasteiger partial charge on any atom is -0.118 e. The largest absolute Gasteiger partial charge is 0.601 e. The van der Waals surface area contributed by atoms with Gasteiger partial charge in [-0.15, -0.1) is 13.2 Å². The van der Waals surface area contributed by atoms with Crippen molar-refractivity contribution in [3.63, 3.8) is 0 Å². The quantitative estimate of drug-likeness (QED) is 0.541. The minimum atomic E-state index is -4.24. The van der Waals surface area contributed by atoms with Crippen LogP contribution in [0.25, 0.3) is 15.7 Å². The Labute approximate surface area is 124 Å². The van der Waals surface area contributed by atoms with Crippen molar-refractivity contribution in [2.24, 2.45) is 0 Å². The number of alkyl halides is 3. The van der Waals surface area contributed by atoms with Crippen LogP contribution in [0.4, 0.5) is 13.2 Å². The molecule has 1 aromatic carbocycles. The maximum absolute atomic E-state index is 13.6. The number of hydrogen-bond donors (Lipinski definition) is 0. The van der Waals surface area contributed by atoms with Gasteiger partial charge in [-0.3, -0.25) is 0 Å². The molecule has 0 saturated heterocycles. The van der Waals surface area contributed by atoms with Gasteiger partial charge >= 0.3 is 5.51 Å². The standard InChI is InChI=1S/C17H16F3S/c1-16(2,3)13-8-7-12-9-14(11-5-4-6-11)21(15(12)10-13)17(18,19)20/h4-10H,1-3H3/q+1. The Balaban J connectivity index is 2.30. The molecule has 1 heterocycles. The van der Waals surface area contributed by atoms with E-state index in [-0.39, 0.29) is 5.41 Å². The Kier molecular flexibility index (Phi) is 3.06. The molecule has 21 heavy (non-hydrogen) atoms. The van der Waals surface area contributed by atoms with Gasteiger partial charge in [0.25, 0.3) is 0 Å². The lowest BCUT2D eigenvalue weighted by molar-refractivity contribution is -0.0866. The molecule has 0 N–H and O–H groups in total. The minimum absolute atomic E-state index is 0.159. The van der Waals surface area contributed by atoms with Gasteiger partial charge in [-0.25, -0.2) is 0 Å². The van der Waals surface area contributed by atoms with E-state index in [1.165, 1.54) is 0 Å². The van der Waals surface area contributed by atoms with Crippen molar-refractivity contribution in [2.75, 3.05) is 0 Å². The third kappa shape index (κ3) is 2.42. The Morgan fingerprint density at radius 1 is 1.00 bits per heavy atom. The van der Waals surface area contributed by atoms with Gasteiger partial charge in [0, 0.05) is 23.1 Å². The molecule has 110 valence electrons. The third-order valence-electron chi connectivity index (χ3n) is 3.67. The van der Waals surface area contributed by atoms with E-state index in [0.717, 1.165) is 5.56 Å². The maximum Gasteiger partial charge on any atom is 0.601 e. The summed E-state index contributed by atoms with van der Waals surface area (Å²) in [4.78, 5) is 0.394. The zero-order chi connectivity index (χ0) is 15.4. The lowest BCUT2D eigenvalue weighted by atomic mass is 9.87. The van der Waals surface area contributed by atoms with Gasteiger partial charge in [0.05, 0.1) is 0 Å². The summed E-state index contributed by atoms with van der Waals surface area (Å²) < 4.78 is 41.1. The summed E-state index contributed by atoms with van der Waals surface area (Å²) in [5.74, 6) is 0. The van der Waals surface area contributed by atoms with E-state index >= 15 is 0 Å². The van der Waals surface area contributed by atoms with Gasteiger partial charge in [-0.2, -0.15) is 0 Å². The zero-order valence-electron chi connectivity index (χ0n) is 12.1. The predicted molar refractivity (Wildman–Crippen MR) is 83.5 cm³/mol. The summed E-state index contributed by atoms with van der Waals surface area (Å²) in [5, 5.41) is 0.694. The molecule has 0 fully saturated rings. The highest BCUT2D eigenvalue weighted by Gasteiger charge is 2.48. The number of rotatable bonds is 1. The van der Waals surface area contributed by atoms with Crippen LogP contribution in [0.2, 0.25) is 0 Å². The SMILES string of the molecule is CC(C)(C)c1ccc2cc(C3=CC=C3)[s+](C(F)(F)F)c2c1. The van der Waals surface area contributed by atoms with E-state index in [4.69, 9.17) is 0 Å². The molecule has 1 aromatic heterocycles. The maximum atomic E-state index is 13.6. The normalized spacial score (nSPS) is 16.1. The Morgan fingerprint density at radius 2 is 1.67 bits per heavy atom. The molecule has 4 heteroatoms. The fourth-order valence-electron chi connectivity index (χ4n) is 2.42. The second-order valence-electron chi connectivity index (χ2n) is 6.24. The summed E-state index contributed by atoms with van der Waals surface area (Å²) in [7, 11) is -1.84. The monoisotopic (exact) mass is 309 g/mol. The second-order valence-corrected chi connectivity index (χ2v) is 8.20. The molecular formula is C17H16F3S+. The lowest BCUT2D eigenvalue weighted by Gasteiger charge is -2.18. The van der Waals surface area contributed by atoms with Crippen LogP contribution >= 0.6 is 10.5 Å². The predicted octanol–water partition coefficient (Wildman–Crippen LogP) is 6.32. The fraction of sp³-hybridized carbons (Fsp3) is 0.294. The van der Waals surface area contributed by atoms with E-state index in [2.05, 4.69) is 0 Å². The van der Waals surface area contributed by atoms with Gasteiger partial charge in [0.15, 0.2) is 9.58 Å². The molecule has 0 bridgehead atoms. The van der Waals surface area contributed by atoms with Crippen LogP contribution in [0.15, 0.2) is 42.5 Å². The van der Waals surface area contributed by atoms with Gasteiger partial charge < -0.3 is 0 Å². The van der Waals surface area contributed by atoms with Crippen molar-refractivity contribution >= 4 is 26.1 Å². The first kappa shape index (κ1) is 14.4. The summed E-state index contributed by atoms with van der Waals surface area (Å²) in [6, 6.07) is 7.17. The topological polar surface area (TPSA) is 0 Å². The van der Waals surface area contributed by atoms with E-state index in [1.54, 1.807) is 30.4 Å². The van der Waals surface area contributed by atoms with Crippen molar-refractivity contribution in [2.45, 2.75) is 31.7 Å². The van der Waals surface area contributed by atoms with E-state index in [0.29, 0.717) is 20.5 Å². The molecular weight excluding hydrogens is 293 g/mol. The molecule has 0 nitrogen and oxygen atoms in total. The fourth-order valence-corrected chi connectivity index (χ4v) is 4.38. The van der Waals surface area contributed by atoms with Crippen molar-refractivity contribution < 1.29 is 13.2 Å². The molecule has 0 aliphatic heterocycles. The Morgan fingerprint density at radius 3 is 2.14 bits per heavy atom. The summed E-state index contributed by atoms with van der Waals surface area (Å²) in [6.45, 7) is 6.04. The van der Waals surface area contributed by atoms with Crippen molar-refractivity contribution in [1.82, 2.24) is 0 Å². The molecule has 2 aromatic rings. The van der Waals surface area contributed by atoms with Crippen molar-refractivity contribution in [1.29, 1.82) is 0 Å². The van der Waals surface area contributed by atoms with E-state index in [1.807, 2.05) is 32.9 Å². The van der Waals surface area contributed by atoms with Crippen LogP contribution in [0, 0.1) is 0 Å². The van der Waals surface area contributed by atoms with Crippen molar-refractivity contribution in [3.8, 4) is 0 Å². The van der Waals surface area contributed by atoms with Crippen LogP contribution in [0.3, 0.4) is 0 Å². The Hall–Kier alpha value is -1.55. The van der Waals surface area contributed by atoms with Crippen molar-refractivity contribution in [3.05, 3.63) is 52.9 Å². The molecule has 0 amide bonds. The van der Waals surface area contributed by atoms with Crippen LogP contribution in [-0.4, -0.2) is 0 Å². The molecule has 1 unspecified atom stereocenters. The molecule has 0 spiro atoms. The lowest BCUT2D eigenvalue weighted by Crippen LogP contribution is -2.10. The number of benzene rings is 1. The first-order valence-corrected chi connectivity index (χ1v) is 7.96. The van der Waals surface area contributed by atoms with Gasteiger partial charge in [-0.05, 0) is 29.2 Å². The van der Waals surface area contributed by atoms with E-state index < -0.39 is 16.0 Å². The van der Waals surface area contributed by atoms with Crippen LogP contribution in [-0.2, 0) is 10.9 Å². The molecule has 0 radical (unpaired) electrons. The van der Waals surface area contributed by atoms with Crippen LogP contribution in [0.1, 0.15) is 31.2 Å². The Bertz CT molecular complexity index is 768. The average Bonchev–Trinajstić information content (AvgIpc) is 2.61. The molecule has 1 aliphatic carbocycles. The highest BCUT2D eigenvalue weighted by atomic mass is 32.2. The second kappa shape index (κ2) is 4.47. The zero-order valence-corrected chi connectivity index (χ0v) is 12.9. The smallest absolute Gasteiger partial charge is 0.118 e. The number of thiophene rings is 1. The first-order chi connectivity index (χ1) is 9.68. The molecule has 1 atom stereocenters. The highest BCUT2D eigenvalue weighted by molar-refractivity contribution is 7.39. The number of halogens is 3. The van der Waals surface area contributed by atoms with Gasteiger partial charge in [-0.1, -0.05) is 32.9 Å². The van der Waals surface area contributed by atoms with Crippen LogP contribution < -0.4 is 0 Å². The van der Waals surface area contributed by atoms with Gasteiger partial charge in [0.1, 0.15) is 10.5 Å². The number of hydrogen-bond acceptors (Lipinski definition) is 0. The number of allylic oxidation sites excluding steroid dienone is 4. The molecule has 3 rings (SSSR count). The summed E-state index contributed by atoms with van der Waals surface area (Å²) in [6.07, 6.45) is 5.26. The molecule has 0 saturated carbocycles.